The Hall–Kier alpha value is -0.640. The van der Waals surface area contributed by atoms with E-state index in [1.807, 2.05) is 11.3 Å². The van der Waals surface area contributed by atoms with Crippen molar-refractivity contribution in [2.24, 2.45) is 5.92 Å². The molecule has 0 spiro atoms. The Morgan fingerprint density at radius 2 is 2.05 bits per heavy atom. The maximum atomic E-state index is 3.65. The van der Waals surface area contributed by atoms with E-state index in [1.165, 1.54) is 39.1 Å². The molecule has 1 aliphatic rings. The summed E-state index contributed by atoms with van der Waals surface area (Å²) >= 11 is 5.56. The molecule has 0 radical (unpaired) electrons. The molecule has 1 aromatic carbocycles. The van der Waals surface area contributed by atoms with Crippen LogP contribution in [0.5, 0.6) is 0 Å². The first-order valence-corrected chi connectivity index (χ1v) is 8.80. The summed E-state index contributed by atoms with van der Waals surface area (Å²) in [5.41, 5.74) is 3.08. The highest BCUT2D eigenvalue weighted by Crippen LogP contribution is 2.38. The highest BCUT2D eigenvalue weighted by atomic mass is 79.9. The second kappa shape index (κ2) is 6.00. The van der Waals surface area contributed by atoms with Crippen LogP contribution in [0.15, 0.2) is 34.8 Å². The average molecular weight is 350 g/mol. The minimum absolute atomic E-state index is 0.471. The van der Waals surface area contributed by atoms with Crippen molar-refractivity contribution in [3.63, 3.8) is 0 Å². The average Bonchev–Trinajstić information content (AvgIpc) is 2.79. The highest BCUT2D eigenvalue weighted by Gasteiger charge is 2.27. The van der Waals surface area contributed by atoms with E-state index in [1.54, 1.807) is 5.56 Å². The molecule has 0 fully saturated rings. The number of benzene rings is 1. The normalized spacial score (nSPS) is 19.6. The van der Waals surface area contributed by atoms with Crippen molar-refractivity contribution in [1.82, 2.24) is 5.32 Å². The lowest BCUT2D eigenvalue weighted by Crippen LogP contribution is -2.29. The number of hydrogen-bond acceptors (Lipinski definition) is 2. The zero-order valence-corrected chi connectivity index (χ0v) is 14.4. The van der Waals surface area contributed by atoms with Gasteiger partial charge in [0, 0.05) is 20.3 Å². The van der Waals surface area contributed by atoms with Crippen molar-refractivity contribution in [3.8, 4) is 0 Å². The van der Waals surface area contributed by atoms with Crippen molar-refractivity contribution in [3.05, 3.63) is 55.7 Å². The standard InChI is InChI=1S/C17H20BrNS/c1-11-15(18)10-16(20-11)17(19-2)14-8-7-12-5-3-4-6-13(12)9-14/h3-6,10,14,17,19H,7-9H2,1-2H3. The van der Waals surface area contributed by atoms with E-state index in [0.29, 0.717) is 12.0 Å². The molecule has 1 N–H and O–H groups in total. The number of thiophene rings is 1. The van der Waals surface area contributed by atoms with Gasteiger partial charge in [-0.2, -0.15) is 0 Å². The Morgan fingerprint density at radius 3 is 2.70 bits per heavy atom. The molecular formula is C17H20BrNS. The maximum Gasteiger partial charge on any atom is 0.0444 e. The van der Waals surface area contributed by atoms with Crippen LogP contribution in [0.25, 0.3) is 0 Å². The zero-order chi connectivity index (χ0) is 14.1. The molecule has 2 unspecified atom stereocenters. The summed E-state index contributed by atoms with van der Waals surface area (Å²) in [5.74, 6) is 0.694. The zero-order valence-electron chi connectivity index (χ0n) is 11.9. The van der Waals surface area contributed by atoms with E-state index in [4.69, 9.17) is 0 Å². The predicted molar refractivity (Wildman–Crippen MR) is 90.5 cm³/mol. The van der Waals surface area contributed by atoms with E-state index < -0.39 is 0 Å². The fraction of sp³-hybridized carbons (Fsp3) is 0.412. The van der Waals surface area contributed by atoms with Gasteiger partial charge in [0.1, 0.15) is 0 Å². The first-order chi connectivity index (χ1) is 9.69. The van der Waals surface area contributed by atoms with Crippen LogP contribution in [0.4, 0.5) is 0 Å². The van der Waals surface area contributed by atoms with Crippen LogP contribution in [0.3, 0.4) is 0 Å². The molecule has 2 aromatic rings. The first kappa shape index (κ1) is 14.3. The van der Waals surface area contributed by atoms with Gasteiger partial charge in [-0.3, -0.25) is 0 Å². The number of fused-ring (bicyclic) bond motifs is 1. The summed E-state index contributed by atoms with van der Waals surface area (Å²) in [6, 6.07) is 11.7. The van der Waals surface area contributed by atoms with Crippen molar-refractivity contribution >= 4 is 27.3 Å². The molecule has 0 saturated heterocycles. The Morgan fingerprint density at radius 1 is 1.30 bits per heavy atom. The van der Waals surface area contributed by atoms with Crippen LogP contribution in [-0.4, -0.2) is 7.05 Å². The van der Waals surface area contributed by atoms with Crippen molar-refractivity contribution < 1.29 is 0 Å². The van der Waals surface area contributed by atoms with Crippen LogP contribution in [0, 0.1) is 12.8 Å². The van der Waals surface area contributed by atoms with Crippen molar-refractivity contribution in [2.75, 3.05) is 7.05 Å². The largest absolute Gasteiger partial charge is 0.312 e. The van der Waals surface area contributed by atoms with Crippen LogP contribution in [-0.2, 0) is 12.8 Å². The lowest BCUT2D eigenvalue weighted by Gasteiger charge is -2.31. The Bertz CT molecular complexity index is 585. The Balaban J connectivity index is 1.85. The number of halogens is 1. The third-order valence-corrected chi connectivity index (χ3v) is 6.57. The Kier molecular flexibility index (Phi) is 4.29. The van der Waals surface area contributed by atoms with Gasteiger partial charge < -0.3 is 5.32 Å². The van der Waals surface area contributed by atoms with E-state index in [-0.39, 0.29) is 0 Å². The molecule has 0 aliphatic heterocycles. The van der Waals surface area contributed by atoms with Crippen LogP contribution in [0.2, 0.25) is 0 Å². The quantitative estimate of drug-likeness (QED) is 0.832. The molecule has 20 heavy (non-hydrogen) atoms. The lowest BCUT2D eigenvalue weighted by molar-refractivity contribution is 0.346. The van der Waals surface area contributed by atoms with Gasteiger partial charge in [-0.25, -0.2) is 0 Å². The molecule has 3 heteroatoms. The number of aryl methyl sites for hydroxylation is 2. The van der Waals surface area contributed by atoms with Gasteiger partial charge in [0.2, 0.25) is 0 Å². The van der Waals surface area contributed by atoms with Gasteiger partial charge in [0.05, 0.1) is 0 Å². The van der Waals surface area contributed by atoms with Gasteiger partial charge in [-0.05, 0) is 72.3 Å². The first-order valence-electron chi connectivity index (χ1n) is 7.19. The van der Waals surface area contributed by atoms with Gasteiger partial charge in [0.25, 0.3) is 0 Å². The van der Waals surface area contributed by atoms with Crippen molar-refractivity contribution in [1.29, 1.82) is 0 Å². The summed E-state index contributed by atoms with van der Waals surface area (Å²) in [7, 11) is 2.09. The number of nitrogens with one attached hydrogen (secondary N) is 1. The van der Waals surface area contributed by atoms with Crippen molar-refractivity contribution in [2.45, 2.75) is 32.2 Å². The maximum absolute atomic E-state index is 3.65. The second-order valence-corrected chi connectivity index (χ2v) is 7.73. The molecule has 3 rings (SSSR count). The summed E-state index contributed by atoms with van der Waals surface area (Å²) in [4.78, 5) is 2.83. The van der Waals surface area contributed by atoms with Gasteiger partial charge in [0.15, 0.2) is 0 Å². The topological polar surface area (TPSA) is 12.0 Å². The number of rotatable bonds is 3. The lowest BCUT2D eigenvalue weighted by atomic mass is 9.79. The SMILES string of the molecule is CNC(c1cc(Br)c(C)s1)C1CCc2ccccc2C1. The second-order valence-electron chi connectivity index (χ2n) is 5.59. The van der Waals surface area contributed by atoms with Crippen LogP contribution in [0.1, 0.15) is 33.3 Å². The van der Waals surface area contributed by atoms with Gasteiger partial charge in [-0.15, -0.1) is 11.3 Å². The van der Waals surface area contributed by atoms with Gasteiger partial charge in [-0.1, -0.05) is 24.3 Å². The fourth-order valence-corrected chi connectivity index (χ4v) is 5.02. The molecule has 0 bridgehead atoms. The summed E-state index contributed by atoms with van der Waals surface area (Å²) in [5, 5.41) is 3.55. The van der Waals surface area contributed by atoms with Gasteiger partial charge >= 0.3 is 0 Å². The van der Waals surface area contributed by atoms with Crippen LogP contribution >= 0.6 is 27.3 Å². The highest BCUT2D eigenvalue weighted by molar-refractivity contribution is 9.10. The molecule has 1 aromatic heterocycles. The number of hydrogen-bond donors (Lipinski definition) is 1. The van der Waals surface area contributed by atoms with E-state index in [2.05, 4.69) is 65.5 Å². The van der Waals surface area contributed by atoms with E-state index in [9.17, 15) is 0 Å². The van der Waals surface area contributed by atoms with E-state index in [0.717, 1.165) is 0 Å². The molecular weight excluding hydrogens is 330 g/mol. The predicted octanol–water partition coefficient (Wildman–Crippen LogP) is 4.88. The molecule has 0 amide bonds. The third-order valence-electron chi connectivity index (χ3n) is 4.35. The smallest absolute Gasteiger partial charge is 0.0444 e. The molecule has 106 valence electrons. The molecule has 2 atom stereocenters. The minimum atomic E-state index is 0.471. The summed E-state index contributed by atoms with van der Waals surface area (Å²) < 4.78 is 1.24. The molecule has 1 aliphatic carbocycles. The molecule has 1 nitrogen and oxygen atoms in total. The van der Waals surface area contributed by atoms with Crippen LogP contribution < -0.4 is 5.32 Å². The minimum Gasteiger partial charge on any atom is -0.312 e. The Labute approximate surface area is 133 Å². The monoisotopic (exact) mass is 349 g/mol. The fourth-order valence-electron chi connectivity index (χ4n) is 3.26. The summed E-state index contributed by atoms with van der Waals surface area (Å²) in [6.07, 6.45) is 3.68. The molecule has 0 saturated carbocycles. The third kappa shape index (κ3) is 2.72. The van der Waals surface area contributed by atoms with E-state index >= 15 is 0 Å². The molecule has 1 heterocycles. The summed E-state index contributed by atoms with van der Waals surface area (Å²) in [6.45, 7) is 2.18.